The van der Waals surface area contributed by atoms with Gasteiger partial charge in [-0.3, -0.25) is 9.59 Å². The van der Waals surface area contributed by atoms with Gasteiger partial charge in [0.2, 0.25) is 0 Å². The second kappa shape index (κ2) is 9.53. The van der Waals surface area contributed by atoms with Gasteiger partial charge in [0.15, 0.2) is 11.5 Å². The van der Waals surface area contributed by atoms with Crippen LogP contribution in [-0.2, 0) is 14.3 Å². The number of rotatable bonds is 8. The van der Waals surface area contributed by atoms with Gasteiger partial charge < -0.3 is 29.3 Å². The van der Waals surface area contributed by atoms with Crippen LogP contribution in [-0.4, -0.2) is 61.3 Å². The molecule has 1 fully saturated rings. The van der Waals surface area contributed by atoms with E-state index >= 15 is 0 Å². The van der Waals surface area contributed by atoms with E-state index in [-0.39, 0.29) is 29.4 Å². The van der Waals surface area contributed by atoms with Crippen LogP contribution < -0.4 is 9.47 Å². The summed E-state index contributed by atoms with van der Waals surface area (Å²) in [4.78, 5) is 27.2. The number of aliphatic hydroxyl groups is 1. The zero-order valence-corrected chi connectivity index (χ0v) is 17.6. The number of amides is 1. The number of hydrogen-bond acceptors (Lipinski definition) is 7. The second-order valence-corrected chi connectivity index (χ2v) is 7.00. The highest BCUT2D eigenvalue weighted by Gasteiger charge is 2.46. The van der Waals surface area contributed by atoms with E-state index in [9.17, 15) is 19.8 Å². The van der Waals surface area contributed by atoms with Gasteiger partial charge in [-0.15, -0.1) is 0 Å². The largest absolute Gasteiger partial charge is 0.507 e. The number of phenolic OH excluding ortho intramolecular Hbond substituents is 1. The number of aliphatic hydroxyl groups excluding tert-OH is 1. The van der Waals surface area contributed by atoms with E-state index in [4.69, 9.17) is 14.2 Å². The second-order valence-electron chi connectivity index (χ2n) is 7.00. The molecule has 0 aromatic heterocycles. The molecule has 0 aliphatic carbocycles. The van der Waals surface area contributed by atoms with Gasteiger partial charge >= 0.3 is 0 Å². The third-order valence-corrected chi connectivity index (χ3v) is 5.17. The predicted molar refractivity (Wildman–Crippen MR) is 113 cm³/mol. The summed E-state index contributed by atoms with van der Waals surface area (Å²) in [6.07, 6.45) is 0.512. The van der Waals surface area contributed by atoms with Gasteiger partial charge in [-0.25, -0.2) is 0 Å². The molecule has 3 rings (SSSR count). The molecule has 0 radical (unpaired) electrons. The molecule has 164 valence electrons. The van der Waals surface area contributed by atoms with Crippen molar-refractivity contribution in [1.29, 1.82) is 0 Å². The highest BCUT2D eigenvalue weighted by atomic mass is 16.5. The Labute approximate surface area is 180 Å². The zero-order chi connectivity index (χ0) is 22.5. The first-order chi connectivity index (χ1) is 14.9. The Morgan fingerprint density at radius 3 is 2.35 bits per heavy atom. The minimum absolute atomic E-state index is 0.0275. The maximum atomic E-state index is 12.9. The lowest BCUT2D eigenvalue weighted by atomic mass is 9.95. The molecule has 1 heterocycles. The number of phenols is 1. The van der Waals surface area contributed by atoms with E-state index in [0.29, 0.717) is 29.9 Å². The van der Waals surface area contributed by atoms with Crippen molar-refractivity contribution >= 4 is 17.4 Å². The Bertz CT molecular complexity index is 997. The van der Waals surface area contributed by atoms with Crippen LogP contribution in [0.4, 0.5) is 0 Å². The van der Waals surface area contributed by atoms with Crippen molar-refractivity contribution < 1.29 is 34.0 Å². The Kier molecular flexibility index (Phi) is 6.81. The minimum atomic E-state index is -0.839. The summed E-state index contributed by atoms with van der Waals surface area (Å²) in [5.74, 6) is -1.04. The topological polar surface area (TPSA) is 106 Å². The van der Waals surface area contributed by atoms with Crippen LogP contribution in [0.3, 0.4) is 0 Å². The number of benzene rings is 2. The number of ketones is 1. The molecule has 1 saturated heterocycles. The number of Topliss-reactive ketones (excluding diaryl/α,β-unsaturated/α-hetero) is 1. The fourth-order valence-corrected chi connectivity index (χ4v) is 3.61. The van der Waals surface area contributed by atoms with Gasteiger partial charge in [-0.05, 0) is 48.4 Å². The molecular weight excluding hydrogens is 402 g/mol. The molecule has 8 heteroatoms. The molecule has 1 atom stereocenters. The van der Waals surface area contributed by atoms with Crippen LogP contribution in [0.25, 0.3) is 5.76 Å². The highest BCUT2D eigenvalue weighted by Crippen LogP contribution is 2.41. The normalized spacial score (nSPS) is 17.8. The van der Waals surface area contributed by atoms with Gasteiger partial charge in [0, 0.05) is 25.8 Å². The average molecular weight is 427 g/mol. The molecular formula is C23H25NO7. The van der Waals surface area contributed by atoms with E-state index in [1.807, 2.05) is 0 Å². The van der Waals surface area contributed by atoms with Gasteiger partial charge in [0.05, 0.1) is 25.8 Å². The number of aromatic hydroxyl groups is 1. The standard InChI is InChI=1S/C23H25NO7/c1-29-12-4-11-24-20(15-7-10-17(25)18(13-15)31-3)19(22(27)23(24)28)21(26)14-5-8-16(30-2)9-6-14/h5-10,13,20,25-26H,4,11-12H2,1-3H3/b21-19-/t20-/m0/s1. The van der Waals surface area contributed by atoms with Crippen molar-refractivity contribution in [1.82, 2.24) is 4.90 Å². The molecule has 31 heavy (non-hydrogen) atoms. The van der Waals surface area contributed by atoms with Gasteiger partial charge in [0.25, 0.3) is 11.7 Å². The fourth-order valence-electron chi connectivity index (χ4n) is 3.61. The zero-order valence-electron chi connectivity index (χ0n) is 17.6. The Balaban J connectivity index is 2.13. The van der Waals surface area contributed by atoms with Gasteiger partial charge in [-0.1, -0.05) is 6.07 Å². The van der Waals surface area contributed by atoms with E-state index in [1.165, 1.54) is 25.2 Å². The maximum Gasteiger partial charge on any atom is 0.295 e. The monoisotopic (exact) mass is 427 g/mol. The van der Waals surface area contributed by atoms with Gasteiger partial charge in [-0.2, -0.15) is 0 Å². The van der Waals surface area contributed by atoms with Crippen LogP contribution in [0.1, 0.15) is 23.6 Å². The lowest BCUT2D eigenvalue weighted by Gasteiger charge is -2.25. The van der Waals surface area contributed by atoms with Crippen molar-refractivity contribution in [2.75, 3.05) is 34.5 Å². The third-order valence-electron chi connectivity index (χ3n) is 5.17. The highest BCUT2D eigenvalue weighted by molar-refractivity contribution is 6.46. The Hall–Kier alpha value is -3.52. The summed E-state index contributed by atoms with van der Waals surface area (Å²) in [5.41, 5.74) is 0.882. The maximum absolute atomic E-state index is 12.9. The first kappa shape index (κ1) is 22.2. The molecule has 8 nitrogen and oxygen atoms in total. The summed E-state index contributed by atoms with van der Waals surface area (Å²) in [6.45, 7) is 0.665. The quantitative estimate of drug-likeness (QED) is 0.289. The fraction of sp³-hybridized carbons (Fsp3) is 0.304. The molecule has 0 saturated carbocycles. The molecule has 0 unspecified atom stereocenters. The molecule has 0 bridgehead atoms. The molecule has 0 spiro atoms. The summed E-state index contributed by atoms with van der Waals surface area (Å²) in [5, 5.41) is 21.0. The number of likely N-dealkylation sites (tertiary alicyclic amines) is 1. The lowest BCUT2D eigenvalue weighted by molar-refractivity contribution is -0.140. The molecule has 1 aliphatic heterocycles. The first-order valence-corrected chi connectivity index (χ1v) is 9.71. The van der Waals surface area contributed by atoms with Crippen LogP contribution in [0.5, 0.6) is 17.2 Å². The average Bonchev–Trinajstić information content (AvgIpc) is 3.04. The Morgan fingerprint density at radius 2 is 1.74 bits per heavy atom. The van der Waals surface area contributed by atoms with Crippen molar-refractivity contribution in [2.24, 2.45) is 0 Å². The summed E-state index contributed by atoms with van der Waals surface area (Å²) < 4.78 is 15.4. The van der Waals surface area contributed by atoms with Gasteiger partial charge in [0.1, 0.15) is 11.5 Å². The van der Waals surface area contributed by atoms with E-state index < -0.39 is 17.7 Å². The predicted octanol–water partition coefficient (Wildman–Crippen LogP) is 2.87. The number of carbonyl (C=O) groups excluding carboxylic acids is 2. The van der Waals surface area contributed by atoms with E-state index in [2.05, 4.69) is 0 Å². The van der Waals surface area contributed by atoms with E-state index in [1.54, 1.807) is 43.5 Å². The summed E-state index contributed by atoms with van der Waals surface area (Å²) in [6, 6.07) is 10.3. The molecule has 2 aromatic rings. The Morgan fingerprint density at radius 1 is 1.03 bits per heavy atom. The van der Waals surface area contributed by atoms with Crippen LogP contribution in [0.15, 0.2) is 48.0 Å². The minimum Gasteiger partial charge on any atom is -0.507 e. The smallest absolute Gasteiger partial charge is 0.295 e. The van der Waals surface area contributed by atoms with Crippen LogP contribution >= 0.6 is 0 Å². The third kappa shape index (κ3) is 4.34. The number of methoxy groups -OCH3 is 3. The summed E-state index contributed by atoms with van der Waals surface area (Å²) >= 11 is 0. The number of nitrogens with zero attached hydrogens (tertiary/aromatic N) is 1. The van der Waals surface area contributed by atoms with Crippen LogP contribution in [0.2, 0.25) is 0 Å². The van der Waals surface area contributed by atoms with Crippen molar-refractivity contribution in [3.63, 3.8) is 0 Å². The SMILES string of the molecule is COCCCN1C(=O)C(=O)/C(=C(\O)c2ccc(OC)cc2)[C@@H]1c1ccc(O)c(OC)c1. The molecule has 2 aromatic carbocycles. The number of ether oxygens (including phenoxy) is 3. The van der Waals surface area contributed by atoms with Crippen molar-refractivity contribution in [3.8, 4) is 17.2 Å². The van der Waals surface area contributed by atoms with E-state index in [0.717, 1.165) is 0 Å². The molecule has 1 amide bonds. The summed E-state index contributed by atoms with van der Waals surface area (Å²) in [7, 11) is 4.49. The number of carbonyl (C=O) groups is 2. The lowest BCUT2D eigenvalue weighted by Crippen LogP contribution is -2.31. The van der Waals surface area contributed by atoms with Crippen molar-refractivity contribution in [3.05, 3.63) is 59.2 Å². The first-order valence-electron chi connectivity index (χ1n) is 9.71. The molecule has 2 N–H and O–H groups in total. The molecule has 1 aliphatic rings. The number of hydrogen-bond donors (Lipinski definition) is 2. The van der Waals surface area contributed by atoms with Crippen LogP contribution in [0, 0.1) is 0 Å². The van der Waals surface area contributed by atoms with Crippen molar-refractivity contribution in [2.45, 2.75) is 12.5 Å².